The second-order valence-electron chi connectivity index (χ2n) is 4.21. The molecular formula is C11H17N7O. The highest BCUT2D eigenvalue weighted by molar-refractivity contribution is 5.75. The molecule has 102 valence electrons. The number of nitrogens with zero attached hydrogens (tertiary/aromatic N) is 5. The Morgan fingerprint density at radius 1 is 1.47 bits per heavy atom. The third-order valence-corrected chi connectivity index (χ3v) is 2.66. The molecule has 0 aliphatic carbocycles. The average Bonchev–Trinajstić information content (AvgIpc) is 2.92. The first-order chi connectivity index (χ1) is 9.08. The van der Waals surface area contributed by atoms with Gasteiger partial charge >= 0.3 is 0 Å². The normalized spacial score (nSPS) is 10.6. The molecule has 2 heterocycles. The second kappa shape index (κ2) is 5.51. The van der Waals surface area contributed by atoms with Gasteiger partial charge < -0.3 is 11.1 Å². The molecule has 0 aliphatic heterocycles. The molecule has 3 N–H and O–H groups in total. The number of nitrogens with two attached hydrogens (primary N) is 1. The minimum absolute atomic E-state index is 0.103. The number of nitrogen functional groups attached to an aromatic ring is 1. The number of nitrogens with one attached hydrogen (secondary N) is 1. The van der Waals surface area contributed by atoms with E-state index in [4.69, 9.17) is 5.73 Å². The lowest BCUT2D eigenvalue weighted by molar-refractivity contribution is -0.122. The zero-order valence-corrected chi connectivity index (χ0v) is 11.0. The molecule has 0 saturated heterocycles. The molecule has 0 aliphatic rings. The van der Waals surface area contributed by atoms with Crippen LogP contribution in [-0.2, 0) is 31.4 Å². The van der Waals surface area contributed by atoms with Gasteiger partial charge in [0.25, 0.3) is 0 Å². The number of hydrogen-bond acceptors (Lipinski definition) is 5. The van der Waals surface area contributed by atoms with Crippen LogP contribution in [0.4, 0.5) is 5.95 Å². The largest absolute Gasteiger partial charge is 0.367 e. The van der Waals surface area contributed by atoms with Gasteiger partial charge in [0.1, 0.15) is 12.9 Å². The molecule has 0 unspecified atom stereocenters. The van der Waals surface area contributed by atoms with Gasteiger partial charge in [-0.1, -0.05) is 6.92 Å². The zero-order valence-electron chi connectivity index (χ0n) is 11.0. The standard InChI is InChI=1S/C11H17N7O/c1-3-9-8(5-17(2)15-9)4-13-10(19)6-18-7-14-11(12)16-18/h5,7H,3-4,6H2,1-2H3,(H2,12,16)(H,13,19). The minimum Gasteiger partial charge on any atom is -0.367 e. The number of carbonyl (C=O) groups excluding carboxylic acids is 1. The molecule has 0 spiro atoms. The molecule has 2 rings (SSSR count). The van der Waals surface area contributed by atoms with Crippen LogP contribution in [0.15, 0.2) is 12.5 Å². The van der Waals surface area contributed by atoms with Crippen molar-refractivity contribution in [3.63, 3.8) is 0 Å². The van der Waals surface area contributed by atoms with Gasteiger partial charge in [-0.25, -0.2) is 9.67 Å². The topological polar surface area (TPSA) is 104 Å². The SMILES string of the molecule is CCc1nn(C)cc1CNC(=O)Cn1cnc(N)n1. The van der Waals surface area contributed by atoms with Crippen LogP contribution in [0.1, 0.15) is 18.2 Å². The first-order valence-corrected chi connectivity index (χ1v) is 6.01. The molecule has 0 aromatic carbocycles. The number of anilines is 1. The van der Waals surface area contributed by atoms with Crippen molar-refractivity contribution in [3.8, 4) is 0 Å². The van der Waals surface area contributed by atoms with E-state index < -0.39 is 0 Å². The lowest BCUT2D eigenvalue weighted by atomic mass is 10.2. The second-order valence-corrected chi connectivity index (χ2v) is 4.21. The fourth-order valence-corrected chi connectivity index (χ4v) is 1.81. The summed E-state index contributed by atoms with van der Waals surface area (Å²) in [6, 6.07) is 0. The zero-order chi connectivity index (χ0) is 13.8. The number of amides is 1. The third-order valence-electron chi connectivity index (χ3n) is 2.66. The van der Waals surface area contributed by atoms with Crippen molar-refractivity contribution in [2.24, 2.45) is 7.05 Å². The molecule has 0 bridgehead atoms. The molecule has 2 aromatic heterocycles. The Kier molecular flexibility index (Phi) is 3.79. The molecule has 0 saturated carbocycles. The molecule has 1 amide bonds. The minimum atomic E-state index is -0.143. The third kappa shape index (κ3) is 3.30. The number of aryl methyl sites for hydroxylation is 2. The van der Waals surface area contributed by atoms with E-state index in [1.165, 1.54) is 11.0 Å². The van der Waals surface area contributed by atoms with Crippen molar-refractivity contribution in [1.29, 1.82) is 0 Å². The van der Waals surface area contributed by atoms with Crippen LogP contribution < -0.4 is 11.1 Å². The van der Waals surface area contributed by atoms with E-state index >= 15 is 0 Å². The summed E-state index contributed by atoms with van der Waals surface area (Å²) >= 11 is 0. The molecule has 8 heteroatoms. The maximum atomic E-state index is 11.7. The summed E-state index contributed by atoms with van der Waals surface area (Å²) in [5.74, 6) is 0.0177. The molecule has 19 heavy (non-hydrogen) atoms. The Morgan fingerprint density at radius 3 is 2.89 bits per heavy atom. The summed E-state index contributed by atoms with van der Waals surface area (Å²) < 4.78 is 3.15. The summed E-state index contributed by atoms with van der Waals surface area (Å²) in [5, 5.41) is 11.0. The summed E-state index contributed by atoms with van der Waals surface area (Å²) in [5.41, 5.74) is 7.39. The van der Waals surface area contributed by atoms with Gasteiger partial charge in [-0.15, -0.1) is 5.10 Å². The van der Waals surface area contributed by atoms with Gasteiger partial charge in [0, 0.05) is 25.4 Å². The highest BCUT2D eigenvalue weighted by Gasteiger charge is 2.08. The van der Waals surface area contributed by atoms with Crippen molar-refractivity contribution in [1.82, 2.24) is 29.9 Å². The van der Waals surface area contributed by atoms with Crippen LogP contribution >= 0.6 is 0 Å². The van der Waals surface area contributed by atoms with E-state index in [1.807, 2.05) is 20.2 Å². The molecular weight excluding hydrogens is 246 g/mol. The van der Waals surface area contributed by atoms with Crippen LogP contribution in [0.25, 0.3) is 0 Å². The quantitative estimate of drug-likeness (QED) is 0.755. The highest BCUT2D eigenvalue weighted by atomic mass is 16.2. The first kappa shape index (κ1) is 13.1. The van der Waals surface area contributed by atoms with Crippen LogP contribution in [0.5, 0.6) is 0 Å². The van der Waals surface area contributed by atoms with Crippen LogP contribution in [0.3, 0.4) is 0 Å². The lowest BCUT2D eigenvalue weighted by Gasteiger charge is -2.04. The molecule has 2 aromatic rings. The number of hydrogen-bond donors (Lipinski definition) is 2. The van der Waals surface area contributed by atoms with Gasteiger partial charge in [0.05, 0.1) is 5.69 Å². The van der Waals surface area contributed by atoms with Crippen LogP contribution in [-0.4, -0.2) is 30.5 Å². The van der Waals surface area contributed by atoms with Crippen molar-refractivity contribution in [2.75, 3.05) is 5.73 Å². The van der Waals surface area contributed by atoms with E-state index in [9.17, 15) is 4.79 Å². The van der Waals surface area contributed by atoms with Crippen molar-refractivity contribution >= 4 is 11.9 Å². The van der Waals surface area contributed by atoms with Gasteiger partial charge in [-0.05, 0) is 6.42 Å². The number of rotatable bonds is 5. The Bertz CT molecular complexity index is 571. The fraction of sp³-hybridized carbons (Fsp3) is 0.455. The van der Waals surface area contributed by atoms with Gasteiger partial charge in [0.15, 0.2) is 0 Å². The summed E-state index contributed by atoms with van der Waals surface area (Å²) in [6.45, 7) is 2.60. The van der Waals surface area contributed by atoms with E-state index in [0.29, 0.717) is 6.54 Å². The Balaban J connectivity index is 1.89. The smallest absolute Gasteiger partial charge is 0.242 e. The molecule has 0 atom stereocenters. The predicted octanol–water partition coefficient (Wildman–Crippen LogP) is -0.527. The molecule has 0 radical (unpaired) electrons. The Labute approximate surface area is 110 Å². The maximum absolute atomic E-state index is 11.7. The number of carbonyl (C=O) groups is 1. The Morgan fingerprint density at radius 2 is 2.26 bits per heavy atom. The lowest BCUT2D eigenvalue weighted by Crippen LogP contribution is -2.27. The van der Waals surface area contributed by atoms with E-state index in [0.717, 1.165) is 17.7 Å². The molecule has 0 fully saturated rings. The van der Waals surface area contributed by atoms with E-state index in [2.05, 4.69) is 20.5 Å². The highest BCUT2D eigenvalue weighted by Crippen LogP contribution is 2.06. The van der Waals surface area contributed by atoms with Crippen LogP contribution in [0, 0.1) is 0 Å². The van der Waals surface area contributed by atoms with Crippen molar-refractivity contribution in [3.05, 3.63) is 23.8 Å². The monoisotopic (exact) mass is 263 g/mol. The maximum Gasteiger partial charge on any atom is 0.242 e. The first-order valence-electron chi connectivity index (χ1n) is 6.01. The van der Waals surface area contributed by atoms with E-state index in [1.54, 1.807) is 4.68 Å². The predicted molar refractivity (Wildman–Crippen MR) is 68.9 cm³/mol. The van der Waals surface area contributed by atoms with Crippen molar-refractivity contribution in [2.45, 2.75) is 26.4 Å². The summed E-state index contributed by atoms with van der Waals surface area (Å²) in [7, 11) is 1.86. The van der Waals surface area contributed by atoms with Crippen molar-refractivity contribution < 1.29 is 4.79 Å². The van der Waals surface area contributed by atoms with E-state index in [-0.39, 0.29) is 18.4 Å². The van der Waals surface area contributed by atoms with Gasteiger partial charge in [-0.2, -0.15) is 5.10 Å². The Hall–Kier alpha value is -2.38. The van der Waals surface area contributed by atoms with Gasteiger partial charge in [-0.3, -0.25) is 9.48 Å². The summed E-state index contributed by atoms with van der Waals surface area (Å²) in [4.78, 5) is 15.5. The van der Waals surface area contributed by atoms with Crippen LogP contribution in [0.2, 0.25) is 0 Å². The fourth-order valence-electron chi connectivity index (χ4n) is 1.81. The number of aromatic nitrogens is 5. The van der Waals surface area contributed by atoms with Gasteiger partial charge in [0.2, 0.25) is 11.9 Å². The average molecular weight is 263 g/mol. The summed E-state index contributed by atoms with van der Waals surface area (Å²) in [6.07, 6.45) is 4.18. The molecule has 8 nitrogen and oxygen atoms in total.